The van der Waals surface area contributed by atoms with E-state index in [4.69, 9.17) is 21.4 Å². The summed E-state index contributed by atoms with van der Waals surface area (Å²) in [5.74, 6) is 1.15. The lowest BCUT2D eigenvalue weighted by Gasteiger charge is -2.08. The Morgan fingerprint density at radius 2 is 2.00 bits per heavy atom. The second-order valence-electron chi connectivity index (χ2n) is 4.13. The number of halogens is 1. The van der Waals surface area contributed by atoms with E-state index in [1.54, 1.807) is 18.2 Å². The van der Waals surface area contributed by atoms with Crippen LogP contribution in [0.25, 0.3) is 0 Å². The molecule has 1 aromatic carbocycles. The molecule has 0 amide bonds. The minimum absolute atomic E-state index is 0.0284. The molecule has 1 heterocycles. The lowest BCUT2D eigenvalue weighted by molar-refractivity contribution is 0.281. The number of hydrogen-bond acceptors (Lipinski definition) is 3. The number of benzene rings is 1. The molecular weight excluding hydrogens is 250 g/mol. The Morgan fingerprint density at radius 1 is 1.22 bits per heavy atom. The minimum atomic E-state index is -0.0284. The van der Waals surface area contributed by atoms with Crippen LogP contribution in [-0.2, 0) is 6.61 Å². The maximum Gasteiger partial charge on any atom is 0.219 e. The molecular formula is C14H14ClNO2. The van der Waals surface area contributed by atoms with Gasteiger partial charge in [0.05, 0.1) is 6.61 Å². The summed E-state index contributed by atoms with van der Waals surface area (Å²) in [6.07, 6.45) is 0. The number of ether oxygens (including phenoxy) is 1. The molecule has 3 nitrogen and oxygen atoms in total. The molecule has 94 valence electrons. The third-order valence-electron chi connectivity index (χ3n) is 2.52. The first kappa shape index (κ1) is 12.9. The molecule has 4 heteroatoms. The highest BCUT2D eigenvalue weighted by Crippen LogP contribution is 2.25. The van der Waals surface area contributed by atoms with E-state index in [2.05, 4.69) is 4.98 Å². The molecule has 0 radical (unpaired) electrons. The highest BCUT2D eigenvalue weighted by atomic mass is 35.5. The lowest BCUT2D eigenvalue weighted by atomic mass is 10.2. The van der Waals surface area contributed by atoms with Crippen LogP contribution in [-0.4, -0.2) is 10.1 Å². The van der Waals surface area contributed by atoms with Crippen molar-refractivity contribution in [3.8, 4) is 11.6 Å². The summed E-state index contributed by atoms with van der Waals surface area (Å²) in [5, 5.41) is 9.84. The van der Waals surface area contributed by atoms with Crippen molar-refractivity contribution in [2.45, 2.75) is 20.5 Å². The molecule has 0 spiro atoms. The SMILES string of the molecule is Cc1cc(CO)cc(Oc2ccc(Cl)c(C)c2)n1. The Labute approximate surface area is 111 Å². The quantitative estimate of drug-likeness (QED) is 0.919. The number of aryl methyl sites for hydroxylation is 2. The molecule has 1 aromatic heterocycles. The predicted molar refractivity (Wildman–Crippen MR) is 71.2 cm³/mol. The van der Waals surface area contributed by atoms with Gasteiger partial charge in [0.25, 0.3) is 0 Å². The number of aliphatic hydroxyl groups is 1. The molecule has 2 rings (SSSR count). The standard InChI is InChI=1S/C14H14ClNO2/c1-9-5-12(3-4-13(9)15)18-14-7-11(8-17)6-10(2)16-14/h3-7,17H,8H2,1-2H3. The molecule has 0 fully saturated rings. The van der Waals surface area contributed by atoms with E-state index in [-0.39, 0.29) is 6.61 Å². The van der Waals surface area contributed by atoms with Crippen molar-refractivity contribution in [2.75, 3.05) is 0 Å². The zero-order valence-electron chi connectivity index (χ0n) is 10.3. The highest BCUT2D eigenvalue weighted by Gasteiger charge is 2.04. The summed E-state index contributed by atoms with van der Waals surface area (Å²) in [6.45, 7) is 3.75. The molecule has 2 aromatic rings. The van der Waals surface area contributed by atoms with Gasteiger partial charge in [-0.05, 0) is 49.2 Å². The van der Waals surface area contributed by atoms with Crippen molar-refractivity contribution < 1.29 is 9.84 Å². The van der Waals surface area contributed by atoms with Crippen LogP contribution in [0.1, 0.15) is 16.8 Å². The maximum atomic E-state index is 9.13. The van der Waals surface area contributed by atoms with Gasteiger partial charge in [0.2, 0.25) is 5.88 Å². The maximum absolute atomic E-state index is 9.13. The molecule has 0 bridgehead atoms. The van der Waals surface area contributed by atoms with Crippen molar-refractivity contribution >= 4 is 11.6 Å². The van der Waals surface area contributed by atoms with E-state index in [0.717, 1.165) is 16.8 Å². The number of aliphatic hydroxyl groups excluding tert-OH is 1. The average Bonchev–Trinajstić information content (AvgIpc) is 2.33. The second kappa shape index (κ2) is 5.38. The van der Waals surface area contributed by atoms with Crippen molar-refractivity contribution in [2.24, 2.45) is 0 Å². The second-order valence-corrected chi connectivity index (χ2v) is 4.53. The van der Waals surface area contributed by atoms with E-state index >= 15 is 0 Å². The van der Waals surface area contributed by atoms with Gasteiger partial charge in [-0.25, -0.2) is 4.98 Å². The van der Waals surface area contributed by atoms with Crippen LogP contribution in [0.4, 0.5) is 0 Å². The summed E-state index contributed by atoms with van der Waals surface area (Å²) in [6, 6.07) is 8.97. The summed E-state index contributed by atoms with van der Waals surface area (Å²) in [5.41, 5.74) is 2.54. The molecule has 0 unspecified atom stereocenters. The Kier molecular flexibility index (Phi) is 3.84. The van der Waals surface area contributed by atoms with Crippen molar-refractivity contribution in [1.82, 2.24) is 4.98 Å². The van der Waals surface area contributed by atoms with Crippen LogP contribution in [0.2, 0.25) is 5.02 Å². The Morgan fingerprint density at radius 3 is 2.67 bits per heavy atom. The van der Waals surface area contributed by atoms with E-state index in [1.807, 2.05) is 26.0 Å². The molecule has 1 N–H and O–H groups in total. The van der Waals surface area contributed by atoms with E-state index in [0.29, 0.717) is 16.7 Å². The molecule has 0 saturated heterocycles. The summed E-state index contributed by atoms with van der Waals surface area (Å²) in [4.78, 5) is 4.26. The molecule has 0 atom stereocenters. The molecule has 0 saturated carbocycles. The van der Waals surface area contributed by atoms with Gasteiger partial charge >= 0.3 is 0 Å². The minimum Gasteiger partial charge on any atom is -0.439 e. The van der Waals surface area contributed by atoms with Crippen LogP contribution in [0.3, 0.4) is 0 Å². The topological polar surface area (TPSA) is 42.4 Å². The van der Waals surface area contributed by atoms with Gasteiger partial charge in [-0.3, -0.25) is 0 Å². The third-order valence-corrected chi connectivity index (χ3v) is 2.95. The smallest absolute Gasteiger partial charge is 0.219 e. The van der Waals surface area contributed by atoms with Gasteiger partial charge in [-0.2, -0.15) is 0 Å². The normalized spacial score (nSPS) is 10.4. The fourth-order valence-electron chi connectivity index (χ4n) is 1.65. The molecule has 0 aliphatic rings. The van der Waals surface area contributed by atoms with Gasteiger partial charge in [-0.15, -0.1) is 0 Å². The Bertz CT molecular complexity index is 570. The first-order valence-corrected chi connectivity index (χ1v) is 5.98. The van der Waals surface area contributed by atoms with Crippen LogP contribution >= 0.6 is 11.6 Å². The van der Waals surface area contributed by atoms with Gasteiger partial charge < -0.3 is 9.84 Å². The van der Waals surface area contributed by atoms with Gasteiger partial charge in [0.15, 0.2) is 0 Å². The zero-order chi connectivity index (χ0) is 13.1. The summed E-state index contributed by atoms with van der Waals surface area (Å²) >= 11 is 5.95. The monoisotopic (exact) mass is 263 g/mol. The number of rotatable bonds is 3. The molecule has 18 heavy (non-hydrogen) atoms. The first-order valence-electron chi connectivity index (χ1n) is 5.61. The van der Waals surface area contributed by atoms with Gasteiger partial charge in [0.1, 0.15) is 5.75 Å². The van der Waals surface area contributed by atoms with Crippen molar-refractivity contribution in [3.05, 3.63) is 52.2 Å². The average molecular weight is 264 g/mol. The molecule has 0 aliphatic carbocycles. The van der Waals surface area contributed by atoms with Gasteiger partial charge in [-0.1, -0.05) is 11.6 Å². The van der Waals surface area contributed by atoms with Crippen molar-refractivity contribution in [1.29, 1.82) is 0 Å². The Hall–Kier alpha value is -1.58. The zero-order valence-corrected chi connectivity index (χ0v) is 11.0. The first-order chi connectivity index (χ1) is 8.58. The van der Waals surface area contributed by atoms with Gasteiger partial charge in [0, 0.05) is 16.8 Å². The Balaban J connectivity index is 2.27. The van der Waals surface area contributed by atoms with E-state index in [1.165, 1.54) is 0 Å². The number of pyridine rings is 1. The van der Waals surface area contributed by atoms with E-state index in [9.17, 15) is 0 Å². The third kappa shape index (κ3) is 3.00. The van der Waals surface area contributed by atoms with E-state index < -0.39 is 0 Å². The fourth-order valence-corrected chi connectivity index (χ4v) is 1.77. The fraction of sp³-hybridized carbons (Fsp3) is 0.214. The van der Waals surface area contributed by atoms with Crippen LogP contribution in [0.5, 0.6) is 11.6 Å². The number of hydrogen-bond donors (Lipinski definition) is 1. The predicted octanol–water partition coefficient (Wildman–Crippen LogP) is 3.64. The number of nitrogens with zero attached hydrogens (tertiary/aromatic N) is 1. The summed E-state index contributed by atoms with van der Waals surface area (Å²) in [7, 11) is 0. The summed E-state index contributed by atoms with van der Waals surface area (Å²) < 4.78 is 5.66. The van der Waals surface area contributed by atoms with Crippen LogP contribution in [0.15, 0.2) is 30.3 Å². The largest absolute Gasteiger partial charge is 0.439 e. The van der Waals surface area contributed by atoms with Crippen molar-refractivity contribution in [3.63, 3.8) is 0 Å². The highest BCUT2D eigenvalue weighted by molar-refractivity contribution is 6.31. The number of aromatic nitrogens is 1. The van der Waals surface area contributed by atoms with Crippen LogP contribution < -0.4 is 4.74 Å². The van der Waals surface area contributed by atoms with Crippen LogP contribution in [0, 0.1) is 13.8 Å². The molecule has 0 aliphatic heterocycles. The lowest BCUT2D eigenvalue weighted by Crippen LogP contribution is -1.94.